The van der Waals surface area contributed by atoms with Gasteiger partial charge in [0.1, 0.15) is 24.7 Å². The Morgan fingerprint density at radius 1 is 0.722 bits per heavy atom. The summed E-state index contributed by atoms with van der Waals surface area (Å²) in [5.74, 6) is 1.38. The van der Waals surface area contributed by atoms with Gasteiger partial charge in [-0.05, 0) is 67.4 Å². The van der Waals surface area contributed by atoms with Gasteiger partial charge in [-0.15, -0.1) is 0 Å². The molecule has 1 saturated heterocycles. The predicted octanol–water partition coefficient (Wildman–Crippen LogP) is 5.21. The summed E-state index contributed by atoms with van der Waals surface area (Å²) in [6.45, 7) is 2.59. The second kappa shape index (κ2) is 13.2. The first-order valence-electron chi connectivity index (χ1n) is 12.5. The topological polar surface area (TPSA) is 79.9 Å². The average Bonchev–Trinajstić information content (AvgIpc) is 3.21. The van der Waals surface area contributed by atoms with E-state index in [4.69, 9.17) is 9.47 Å². The number of para-hydroxylation sites is 1. The molecule has 7 heteroatoms. The minimum atomic E-state index is -0.187. The Hall–Kier alpha value is -4.00. The first-order valence-corrected chi connectivity index (χ1v) is 12.5. The molecule has 0 aliphatic carbocycles. The SMILES string of the molecule is O=C(CNc1ccc(OCCOc2ccccc2)cc1)Nc1cccc(C(=O)N2CCCCCC2)c1. The molecular weight excluding hydrogens is 454 g/mol. The Morgan fingerprint density at radius 2 is 1.39 bits per heavy atom. The Bertz CT molecular complexity index is 1110. The number of anilines is 2. The van der Waals surface area contributed by atoms with Crippen molar-refractivity contribution in [1.29, 1.82) is 0 Å². The summed E-state index contributed by atoms with van der Waals surface area (Å²) in [6, 6.07) is 24.2. The van der Waals surface area contributed by atoms with Gasteiger partial charge >= 0.3 is 0 Å². The van der Waals surface area contributed by atoms with Crippen LogP contribution < -0.4 is 20.1 Å². The molecule has 4 rings (SSSR count). The predicted molar refractivity (Wildman–Crippen MR) is 142 cm³/mol. The number of amides is 2. The van der Waals surface area contributed by atoms with E-state index in [1.807, 2.05) is 59.5 Å². The molecule has 7 nitrogen and oxygen atoms in total. The lowest BCUT2D eigenvalue weighted by atomic mass is 10.1. The fourth-order valence-electron chi connectivity index (χ4n) is 4.08. The van der Waals surface area contributed by atoms with Crippen molar-refractivity contribution in [3.63, 3.8) is 0 Å². The zero-order valence-corrected chi connectivity index (χ0v) is 20.4. The van der Waals surface area contributed by atoms with Crippen LogP contribution in [0.2, 0.25) is 0 Å². The highest BCUT2D eigenvalue weighted by molar-refractivity contribution is 5.98. The van der Waals surface area contributed by atoms with Gasteiger partial charge in [-0.3, -0.25) is 9.59 Å². The molecule has 3 aromatic rings. The minimum absolute atomic E-state index is 0.0278. The van der Waals surface area contributed by atoms with Gasteiger partial charge in [0.15, 0.2) is 0 Å². The highest BCUT2D eigenvalue weighted by Gasteiger charge is 2.17. The summed E-state index contributed by atoms with van der Waals surface area (Å²) in [4.78, 5) is 27.2. The molecule has 0 radical (unpaired) electrons. The largest absolute Gasteiger partial charge is 0.490 e. The monoisotopic (exact) mass is 487 g/mol. The minimum Gasteiger partial charge on any atom is -0.490 e. The molecule has 0 atom stereocenters. The highest BCUT2D eigenvalue weighted by atomic mass is 16.5. The normalized spacial score (nSPS) is 13.4. The van der Waals surface area contributed by atoms with Gasteiger partial charge in [0, 0.05) is 30.0 Å². The molecule has 0 spiro atoms. The molecule has 0 unspecified atom stereocenters. The lowest BCUT2D eigenvalue weighted by Gasteiger charge is -2.20. The molecule has 0 bridgehead atoms. The van der Waals surface area contributed by atoms with Crippen LogP contribution in [0.4, 0.5) is 11.4 Å². The Balaban J connectivity index is 1.19. The second-order valence-corrected chi connectivity index (χ2v) is 8.72. The fraction of sp³-hybridized carbons (Fsp3) is 0.310. The van der Waals surface area contributed by atoms with E-state index in [0.29, 0.717) is 24.5 Å². The Morgan fingerprint density at radius 3 is 2.08 bits per heavy atom. The lowest BCUT2D eigenvalue weighted by molar-refractivity contribution is -0.114. The van der Waals surface area contributed by atoms with Crippen molar-refractivity contribution >= 4 is 23.2 Å². The molecule has 36 heavy (non-hydrogen) atoms. The van der Waals surface area contributed by atoms with Crippen molar-refractivity contribution in [2.75, 3.05) is 43.5 Å². The van der Waals surface area contributed by atoms with E-state index in [1.165, 1.54) is 12.8 Å². The maximum absolute atomic E-state index is 12.9. The van der Waals surface area contributed by atoms with Crippen LogP contribution in [0.25, 0.3) is 0 Å². The summed E-state index contributed by atoms with van der Waals surface area (Å²) >= 11 is 0. The van der Waals surface area contributed by atoms with E-state index in [0.717, 1.165) is 43.1 Å². The maximum atomic E-state index is 12.9. The van der Waals surface area contributed by atoms with Crippen LogP contribution in [0.1, 0.15) is 36.0 Å². The molecule has 0 aromatic heterocycles. The van der Waals surface area contributed by atoms with Crippen LogP contribution in [-0.2, 0) is 4.79 Å². The van der Waals surface area contributed by atoms with E-state index in [2.05, 4.69) is 10.6 Å². The third kappa shape index (κ3) is 7.77. The van der Waals surface area contributed by atoms with E-state index in [1.54, 1.807) is 24.3 Å². The van der Waals surface area contributed by atoms with E-state index >= 15 is 0 Å². The maximum Gasteiger partial charge on any atom is 0.253 e. The molecule has 2 amide bonds. The van der Waals surface area contributed by atoms with Crippen molar-refractivity contribution in [3.8, 4) is 11.5 Å². The van der Waals surface area contributed by atoms with Gasteiger partial charge in [-0.1, -0.05) is 37.1 Å². The van der Waals surface area contributed by atoms with Gasteiger partial charge in [0.25, 0.3) is 5.91 Å². The molecule has 188 valence electrons. The van der Waals surface area contributed by atoms with Crippen LogP contribution in [0.3, 0.4) is 0 Å². The summed E-state index contributed by atoms with van der Waals surface area (Å²) in [7, 11) is 0. The molecule has 1 heterocycles. The summed E-state index contributed by atoms with van der Waals surface area (Å²) in [6.07, 6.45) is 4.44. The molecular formula is C29H33N3O4. The fourth-order valence-corrected chi connectivity index (χ4v) is 4.08. The lowest BCUT2D eigenvalue weighted by Crippen LogP contribution is -2.31. The number of hydrogen-bond acceptors (Lipinski definition) is 5. The first-order chi connectivity index (χ1) is 17.7. The van der Waals surface area contributed by atoms with E-state index in [9.17, 15) is 9.59 Å². The van der Waals surface area contributed by atoms with Gasteiger partial charge in [0.2, 0.25) is 5.91 Å². The Labute approximate surface area is 212 Å². The summed E-state index contributed by atoms with van der Waals surface area (Å²) in [5.41, 5.74) is 2.03. The third-order valence-electron chi connectivity index (χ3n) is 5.96. The molecule has 1 fully saturated rings. The van der Waals surface area contributed by atoms with Crippen molar-refractivity contribution in [1.82, 2.24) is 4.90 Å². The van der Waals surface area contributed by atoms with Crippen LogP contribution in [-0.4, -0.2) is 49.6 Å². The van der Waals surface area contributed by atoms with Gasteiger partial charge in [-0.2, -0.15) is 0 Å². The van der Waals surface area contributed by atoms with Gasteiger partial charge in [-0.25, -0.2) is 0 Å². The van der Waals surface area contributed by atoms with Crippen LogP contribution in [0.15, 0.2) is 78.9 Å². The third-order valence-corrected chi connectivity index (χ3v) is 5.96. The smallest absolute Gasteiger partial charge is 0.253 e. The number of hydrogen-bond donors (Lipinski definition) is 2. The first kappa shape index (κ1) is 25.1. The quantitative estimate of drug-likeness (QED) is 0.384. The number of rotatable bonds is 10. The van der Waals surface area contributed by atoms with Gasteiger partial charge in [0.05, 0.1) is 6.54 Å². The average molecular weight is 488 g/mol. The van der Waals surface area contributed by atoms with E-state index < -0.39 is 0 Å². The number of benzene rings is 3. The zero-order chi connectivity index (χ0) is 25.0. The molecule has 0 saturated carbocycles. The number of nitrogens with zero attached hydrogens (tertiary/aromatic N) is 1. The van der Waals surface area contributed by atoms with E-state index in [-0.39, 0.29) is 18.4 Å². The molecule has 1 aliphatic rings. The Kier molecular flexibility index (Phi) is 9.19. The van der Waals surface area contributed by atoms with Crippen molar-refractivity contribution in [2.24, 2.45) is 0 Å². The van der Waals surface area contributed by atoms with Crippen molar-refractivity contribution in [3.05, 3.63) is 84.4 Å². The van der Waals surface area contributed by atoms with Crippen molar-refractivity contribution < 1.29 is 19.1 Å². The number of carbonyl (C=O) groups excluding carboxylic acids is 2. The number of nitrogens with one attached hydrogen (secondary N) is 2. The number of ether oxygens (including phenoxy) is 2. The highest BCUT2D eigenvalue weighted by Crippen LogP contribution is 2.18. The van der Waals surface area contributed by atoms with Crippen LogP contribution in [0, 0.1) is 0 Å². The zero-order valence-electron chi connectivity index (χ0n) is 20.4. The molecule has 2 N–H and O–H groups in total. The van der Waals surface area contributed by atoms with Crippen LogP contribution in [0.5, 0.6) is 11.5 Å². The standard InChI is InChI=1S/C29H33N3O4/c33-28(31-25-10-8-9-23(21-25)29(34)32-17-6-1-2-7-18-32)22-30-24-13-15-27(16-14-24)36-20-19-35-26-11-4-3-5-12-26/h3-5,8-16,21,30H,1-2,6-7,17-20,22H2,(H,31,33). The number of likely N-dealkylation sites (tertiary alicyclic amines) is 1. The molecule has 1 aliphatic heterocycles. The number of carbonyl (C=O) groups is 2. The summed E-state index contributed by atoms with van der Waals surface area (Å²) < 4.78 is 11.3. The molecule has 3 aromatic carbocycles. The van der Waals surface area contributed by atoms with Crippen LogP contribution >= 0.6 is 0 Å². The van der Waals surface area contributed by atoms with Crippen molar-refractivity contribution in [2.45, 2.75) is 25.7 Å². The second-order valence-electron chi connectivity index (χ2n) is 8.72. The van der Waals surface area contributed by atoms with Gasteiger partial charge < -0.3 is 25.0 Å². The summed E-state index contributed by atoms with van der Waals surface area (Å²) in [5, 5.41) is 5.98.